The van der Waals surface area contributed by atoms with Gasteiger partial charge in [0.05, 0.1) is 0 Å². The molecule has 256 valence electrons. The number of nitrogens with zero attached hydrogens (tertiary/aromatic N) is 2. The summed E-state index contributed by atoms with van der Waals surface area (Å²) in [5.74, 6) is 0. The first-order valence-corrected chi connectivity index (χ1v) is 23.9. The first-order valence-electron chi connectivity index (χ1n) is 18.4. The van der Waals surface area contributed by atoms with E-state index in [1.165, 1.54) is 72.5 Å². The Morgan fingerprint density at radius 3 is 0.926 bits per heavy atom. The molecule has 0 unspecified atom stereocenters. The van der Waals surface area contributed by atoms with Crippen molar-refractivity contribution in [3.63, 3.8) is 0 Å². The van der Waals surface area contributed by atoms with Crippen LogP contribution in [0.3, 0.4) is 0 Å². The second kappa shape index (κ2) is 12.4. The number of benzene rings is 8. The second-order valence-electron chi connectivity index (χ2n) is 14.0. The topological polar surface area (TPSA) is 6.48 Å². The molecule has 8 aromatic carbocycles. The summed E-state index contributed by atoms with van der Waals surface area (Å²) in [5.41, 5.74) is 2.57. The van der Waals surface area contributed by atoms with Crippen LogP contribution in [0.25, 0.3) is 40.3 Å². The van der Waals surface area contributed by atoms with Crippen LogP contribution in [-0.4, -0.2) is 16.8 Å². The summed E-state index contributed by atoms with van der Waals surface area (Å²) in [4.78, 5) is 0. The van der Waals surface area contributed by atoms with E-state index in [1.807, 2.05) is 22.7 Å². The first kappa shape index (κ1) is 31.7. The van der Waals surface area contributed by atoms with Gasteiger partial charge in [-0.3, -0.25) is 0 Å². The molecule has 1 fully saturated rings. The predicted molar refractivity (Wildman–Crippen MR) is 239 cm³/mol. The summed E-state index contributed by atoms with van der Waals surface area (Å²) < 4.78 is 11.3. The molecule has 10 aromatic rings. The molecule has 11 rings (SSSR count). The molecule has 0 amide bonds. The molecule has 0 spiro atoms. The van der Waals surface area contributed by atoms with Gasteiger partial charge in [0.15, 0.2) is 0 Å². The van der Waals surface area contributed by atoms with Crippen molar-refractivity contribution < 1.29 is 0 Å². The van der Waals surface area contributed by atoms with Gasteiger partial charge in [0.2, 0.25) is 0 Å². The largest absolute Gasteiger partial charge is 0.378 e. The second-order valence-corrected chi connectivity index (χ2v) is 23.9. The lowest BCUT2D eigenvalue weighted by molar-refractivity contribution is 1.22. The van der Waals surface area contributed by atoms with E-state index < -0.39 is 16.8 Å². The summed E-state index contributed by atoms with van der Waals surface area (Å²) in [6.45, 7) is 0. The molecule has 2 nitrogen and oxygen atoms in total. The SMILES string of the molecule is c1ccc([Si]2(c3ccccc3)N(c3ccc4c(c3)sc3ccccc34)[Si](c3ccccc3)(c3ccccc3)N2c2ccc3c(c2)sc2ccccc23)cc1. The zero-order valence-electron chi connectivity index (χ0n) is 29.3. The summed E-state index contributed by atoms with van der Waals surface area (Å²) in [7, 11) is -6.10. The fraction of sp³-hybridized carbons (Fsp3) is 0. The van der Waals surface area contributed by atoms with Gasteiger partial charge in [-0.1, -0.05) is 170 Å². The van der Waals surface area contributed by atoms with Crippen LogP contribution in [-0.2, 0) is 0 Å². The number of rotatable bonds is 6. The highest BCUT2D eigenvalue weighted by Gasteiger charge is 2.75. The van der Waals surface area contributed by atoms with E-state index >= 15 is 0 Å². The van der Waals surface area contributed by atoms with Crippen molar-refractivity contribution in [1.82, 2.24) is 0 Å². The van der Waals surface area contributed by atoms with Crippen LogP contribution in [0.4, 0.5) is 11.4 Å². The van der Waals surface area contributed by atoms with Gasteiger partial charge in [0.1, 0.15) is 0 Å². The first-order chi connectivity index (χ1) is 26.8. The maximum Gasteiger partial charge on any atom is 0.318 e. The third-order valence-corrected chi connectivity index (χ3v) is 25.6. The Balaban J connectivity index is 1.31. The van der Waals surface area contributed by atoms with Gasteiger partial charge in [0, 0.05) is 51.7 Å². The standard InChI is InChI=1S/C48H34N2S2Si2/c1-5-17-37(18-6-1)53(38-19-7-2-8-20-38)49(35-29-31-43-41-25-13-15-27-45(41)51-47(43)33-35)54(39-21-9-3-10-22-39,40-23-11-4-12-24-40)50(53)36-30-32-44-42-26-14-16-28-46(42)52-48(44)34-36/h1-34H. The minimum absolute atomic E-state index is 1.28. The zero-order chi connectivity index (χ0) is 35.7. The van der Waals surface area contributed by atoms with Crippen molar-refractivity contribution in [1.29, 1.82) is 0 Å². The van der Waals surface area contributed by atoms with Crippen molar-refractivity contribution in [3.05, 3.63) is 206 Å². The smallest absolute Gasteiger partial charge is 0.318 e. The molecule has 54 heavy (non-hydrogen) atoms. The van der Waals surface area contributed by atoms with E-state index in [2.05, 4.69) is 215 Å². The predicted octanol–water partition coefficient (Wildman–Crippen LogP) is 10.3. The highest BCUT2D eigenvalue weighted by Crippen LogP contribution is 2.48. The fourth-order valence-electron chi connectivity index (χ4n) is 9.13. The Morgan fingerprint density at radius 2 is 0.574 bits per heavy atom. The normalized spacial score (nSPS) is 14.9. The number of hydrogen-bond donors (Lipinski definition) is 0. The molecule has 1 saturated heterocycles. The van der Waals surface area contributed by atoms with Crippen molar-refractivity contribution in [2.75, 3.05) is 8.46 Å². The number of fused-ring (bicyclic) bond motifs is 6. The lowest BCUT2D eigenvalue weighted by Gasteiger charge is -2.73. The average molecular weight is 759 g/mol. The quantitative estimate of drug-likeness (QED) is 0.156. The number of thiophene rings is 2. The van der Waals surface area contributed by atoms with Gasteiger partial charge in [-0.25, -0.2) is 0 Å². The van der Waals surface area contributed by atoms with E-state index in [9.17, 15) is 0 Å². The highest BCUT2D eigenvalue weighted by molar-refractivity contribution is 7.38. The fourth-order valence-corrected chi connectivity index (χ4v) is 26.6. The van der Waals surface area contributed by atoms with Crippen LogP contribution in [0.5, 0.6) is 0 Å². The molecule has 3 heterocycles. The van der Waals surface area contributed by atoms with Crippen molar-refractivity contribution in [3.8, 4) is 0 Å². The van der Waals surface area contributed by atoms with E-state index in [0.717, 1.165) is 0 Å². The minimum atomic E-state index is -3.05. The molecular weight excluding hydrogens is 725 g/mol. The van der Waals surface area contributed by atoms with Gasteiger partial charge in [-0.15, -0.1) is 22.7 Å². The molecule has 0 N–H and O–H groups in total. The van der Waals surface area contributed by atoms with E-state index in [4.69, 9.17) is 0 Å². The Labute approximate surface area is 324 Å². The molecule has 0 saturated carbocycles. The van der Waals surface area contributed by atoms with Crippen LogP contribution in [0.15, 0.2) is 206 Å². The maximum absolute atomic E-state index is 3.05. The third kappa shape index (κ3) is 4.42. The van der Waals surface area contributed by atoms with E-state index in [0.29, 0.717) is 0 Å². The number of hydrogen-bond acceptors (Lipinski definition) is 4. The van der Waals surface area contributed by atoms with Crippen molar-refractivity contribution in [2.24, 2.45) is 0 Å². The molecule has 0 bridgehead atoms. The van der Waals surface area contributed by atoms with Gasteiger partial charge < -0.3 is 8.46 Å². The summed E-state index contributed by atoms with van der Waals surface area (Å²) >= 11 is 3.81. The van der Waals surface area contributed by atoms with Gasteiger partial charge >= 0.3 is 16.8 Å². The lowest BCUT2D eigenvalue weighted by Crippen LogP contribution is -3.07. The van der Waals surface area contributed by atoms with Crippen LogP contribution in [0.2, 0.25) is 0 Å². The van der Waals surface area contributed by atoms with Gasteiger partial charge in [-0.2, -0.15) is 0 Å². The summed E-state index contributed by atoms with van der Waals surface area (Å²) in [6, 6.07) is 78.0. The molecule has 0 aliphatic carbocycles. The average Bonchev–Trinajstić information content (AvgIpc) is 3.80. The highest BCUT2D eigenvalue weighted by atomic mass is 32.1. The van der Waals surface area contributed by atoms with Crippen LogP contribution >= 0.6 is 22.7 Å². The van der Waals surface area contributed by atoms with Crippen LogP contribution in [0, 0.1) is 0 Å². The Bertz CT molecular complexity index is 2670. The van der Waals surface area contributed by atoms with Crippen molar-refractivity contribution in [2.45, 2.75) is 0 Å². The summed E-state index contributed by atoms with van der Waals surface area (Å²) in [6.07, 6.45) is 0. The maximum atomic E-state index is 2.99. The Kier molecular flexibility index (Phi) is 7.29. The zero-order valence-corrected chi connectivity index (χ0v) is 33.0. The molecule has 6 heteroatoms. The van der Waals surface area contributed by atoms with E-state index in [1.54, 1.807) is 0 Å². The lowest BCUT2D eigenvalue weighted by atomic mass is 10.1. The van der Waals surface area contributed by atoms with Gasteiger partial charge in [-0.05, 0) is 57.1 Å². The Hall–Kier alpha value is -5.77. The molecule has 1 aliphatic rings. The molecule has 2 aromatic heterocycles. The van der Waals surface area contributed by atoms with Crippen LogP contribution < -0.4 is 29.2 Å². The molecular formula is C48H34N2S2Si2. The summed E-state index contributed by atoms with van der Waals surface area (Å²) in [5, 5.41) is 10.8. The minimum Gasteiger partial charge on any atom is -0.378 e. The molecule has 0 atom stereocenters. The molecule has 1 aliphatic heterocycles. The van der Waals surface area contributed by atoms with Gasteiger partial charge in [0.25, 0.3) is 0 Å². The molecule has 0 radical (unpaired) electrons. The Morgan fingerprint density at radius 1 is 0.278 bits per heavy atom. The third-order valence-electron chi connectivity index (χ3n) is 11.2. The van der Waals surface area contributed by atoms with Crippen LogP contribution in [0.1, 0.15) is 0 Å². The van der Waals surface area contributed by atoms with Crippen molar-refractivity contribution >= 4 is 112 Å². The van der Waals surface area contributed by atoms with E-state index in [-0.39, 0.29) is 0 Å². The number of anilines is 2. The monoisotopic (exact) mass is 758 g/mol.